The molecule has 126 valence electrons. The van der Waals surface area contributed by atoms with Gasteiger partial charge in [-0.3, -0.25) is 9.59 Å². The third-order valence-electron chi connectivity index (χ3n) is 3.09. The number of nitrogens with one attached hydrogen (secondary N) is 1. The van der Waals surface area contributed by atoms with Crippen LogP contribution in [0.1, 0.15) is 19.4 Å². The largest absolute Gasteiger partial charge is 0.368 e. The molecule has 7 nitrogen and oxygen atoms in total. The van der Waals surface area contributed by atoms with Crippen molar-refractivity contribution in [3.63, 3.8) is 0 Å². The molecule has 0 aliphatic carbocycles. The summed E-state index contributed by atoms with van der Waals surface area (Å²) in [4.78, 5) is 22.1. The molecule has 23 heavy (non-hydrogen) atoms. The molecule has 1 rings (SSSR count). The number of amides is 2. The molecule has 1 aromatic carbocycles. The van der Waals surface area contributed by atoms with Gasteiger partial charge in [-0.15, -0.1) is 0 Å². The van der Waals surface area contributed by atoms with E-state index in [1.165, 1.54) is 28.6 Å². The van der Waals surface area contributed by atoms with E-state index >= 15 is 0 Å². The second-order valence-corrected chi connectivity index (χ2v) is 6.61. The average Bonchev–Trinajstić information content (AvgIpc) is 2.52. The third-order valence-corrected chi connectivity index (χ3v) is 5.15. The lowest BCUT2D eigenvalue weighted by atomic mass is 10.2. The molecule has 0 atom stereocenters. The van der Waals surface area contributed by atoms with Crippen LogP contribution in [0.2, 0.25) is 0 Å². The molecule has 0 spiro atoms. The molecule has 0 bridgehead atoms. The summed E-state index contributed by atoms with van der Waals surface area (Å²) < 4.78 is 26.0. The van der Waals surface area contributed by atoms with Crippen LogP contribution in [0, 0.1) is 0 Å². The SMILES string of the molecule is CCN(CC)S(=O)(=O)c1ccc(/C=C/C(=O)NCC(N)=O)cc1. The van der Waals surface area contributed by atoms with E-state index in [1.807, 2.05) is 0 Å². The highest BCUT2D eigenvalue weighted by Gasteiger charge is 2.20. The first-order valence-electron chi connectivity index (χ1n) is 7.15. The number of nitrogens with zero attached hydrogens (tertiary/aromatic N) is 1. The summed E-state index contributed by atoms with van der Waals surface area (Å²) in [5, 5.41) is 2.32. The summed E-state index contributed by atoms with van der Waals surface area (Å²) in [6.07, 6.45) is 2.76. The van der Waals surface area contributed by atoms with E-state index in [0.29, 0.717) is 18.7 Å². The first kappa shape index (κ1) is 18.9. The van der Waals surface area contributed by atoms with Crippen molar-refractivity contribution in [1.82, 2.24) is 9.62 Å². The average molecular weight is 339 g/mol. The maximum absolute atomic E-state index is 12.3. The van der Waals surface area contributed by atoms with E-state index in [9.17, 15) is 18.0 Å². The maximum atomic E-state index is 12.3. The van der Waals surface area contributed by atoms with E-state index in [1.54, 1.807) is 26.0 Å². The number of hydrogen-bond donors (Lipinski definition) is 2. The van der Waals surface area contributed by atoms with Crippen molar-refractivity contribution in [1.29, 1.82) is 0 Å². The minimum absolute atomic E-state index is 0.205. The molecule has 0 fully saturated rings. The predicted octanol–water partition coefficient (Wildman–Crippen LogP) is 0.332. The van der Waals surface area contributed by atoms with Crippen LogP contribution in [0.4, 0.5) is 0 Å². The fraction of sp³-hybridized carbons (Fsp3) is 0.333. The Hall–Kier alpha value is -2.19. The van der Waals surface area contributed by atoms with Gasteiger partial charge in [0.2, 0.25) is 21.8 Å². The molecule has 3 N–H and O–H groups in total. The second-order valence-electron chi connectivity index (χ2n) is 4.68. The van der Waals surface area contributed by atoms with Crippen molar-refractivity contribution >= 4 is 27.9 Å². The first-order chi connectivity index (χ1) is 10.8. The first-order valence-corrected chi connectivity index (χ1v) is 8.59. The Morgan fingerprint density at radius 3 is 2.22 bits per heavy atom. The predicted molar refractivity (Wildman–Crippen MR) is 87.8 cm³/mol. The topological polar surface area (TPSA) is 110 Å². The Kier molecular flexibility index (Phi) is 6.92. The number of primary amides is 1. The van der Waals surface area contributed by atoms with E-state index in [2.05, 4.69) is 5.32 Å². The highest BCUT2D eigenvalue weighted by Crippen LogP contribution is 2.16. The summed E-state index contributed by atoms with van der Waals surface area (Å²) in [6, 6.07) is 6.20. The summed E-state index contributed by atoms with van der Waals surface area (Å²) in [6.45, 7) is 4.14. The zero-order valence-corrected chi connectivity index (χ0v) is 14.0. The molecule has 0 unspecified atom stereocenters. The highest BCUT2D eigenvalue weighted by atomic mass is 32.2. The summed E-state index contributed by atoms with van der Waals surface area (Å²) in [7, 11) is -3.49. The Labute approximate surface area is 136 Å². The van der Waals surface area contributed by atoms with E-state index in [-0.39, 0.29) is 11.4 Å². The van der Waals surface area contributed by atoms with Crippen LogP contribution < -0.4 is 11.1 Å². The molecule has 0 aromatic heterocycles. The molecule has 0 aliphatic heterocycles. The molecular weight excluding hydrogens is 318 g/mol. The molecule has 0 heterocycles. The summed E-state index contributed by atoms with van der Waals surface area (Å²) in [5.74, 6) is -1.08. The summed E-state index contributed by atoms with van der Waals surface area (Å²) >= 11 is 0. The number of rotatable bonds is 8. The Morgan fingerprint density at radius 1 is 1.17 bits per heavy atom. The van der Waals surface area contributed by atoms with Crippen molar-refractivity contribution in [3.05, 3.63) is 35.9 Å². The Morgan fingerprint density at radius 2 is 1.74 bits per heavy atom. The number of nitrogens with two attached hydrogens (primary N) is 1. The number of sulfonamides is 1. The molecule has 1 aromatic rings. The fourth-order valence-corrected chi connectivity index (χ4v) is 3.33. The van der Waals surface area contributed by atoms with Crippen LogP contribution in [-0.4, -0.2) is 44.2 Å². The molecule has 2 amide bonds. The van der Waals surface area contributed by atoms with Gasteiger partial charge in [-0.1, -0.05) is 26.0 Å². The number of carbonyl (C=O) groups is 2. The zero-order chi connectivity index (χ0) is 17.5. The van der Waals surface area contributed by atoms with E-state index in [4.69, 9.17) is 5.73 Å². The van der Waals surface area contributed by atoms with Crippen LogP contribution in [0.25, 0.3) is 6.08 Å². The van der Waals surface area contributed by atoms with Crippen LogP contribution in [0.3, 0.4) is 0 Å². The minimum atomic E-state index is -3.49. The minimum Gasteiger partial charge on any atom is -0.368 e. The van der Waals surface area contributed by atoms with Gasteiger partial charge in [0.1, 0.15) is 0 Å². The molecular formula is C15H21N3O4S. The summed E-state index contributed by atoms with van der Waals surface area (Å²) in [5.41, 5.74) is 5.58. The highest BCUT2D eigenvalue weighted by molar-refractivity contribution is 7.89. The zero-order valence-electron chi connectivity index (χ0n) is 13.2. The van der Waals surface area contributed by atoms with Gasteiger partial charge >= 0.3 is 0 Å². The van der Waals surface area contributed by atoms with Crippen LogP contribution in [-0.2, 0) is 19.6 Å². The van der Waals surface area contributed by atoms with Crippen molar-refractivity contribution in [2.45, 2.75) is 18.7 Å². The van der Waals surface area contributed by atoms with Gasteiger partial charge in [0.05, 0.1) is 11.4 Å². The van der Waals surface area contributed by atoms with Gasteiger partial charge in [0.15, 0.2) is 0 Å². The van der Waals surface area contributed by atoms with Gasteiger partial charge < -0.3 is 11.1 Å². The number of carbonyl (C=O) groups excluding carboxylic acids is 2. The van der Waals surface area contributed by atoms with Crippen LogP contribution in [0.5, 0.6) is 0 Å². The quantitative estimate of drug-likeness (QED) is 0.665. The lowest BCUT2D eigenvalue weighted by Crippen LogP contribution is -2.32. The van der Waals surface area contributed by atoms with Crippen molar-refractivity contribution in [2.24, 2.45) is 5.73 Å². The molecule has 0 aliphatic rings. The lowest BCUT2D eigenvalue weighted by molar-refractivity contribution is -0.122. The van der Waals surface area contributed by atoms with E-state index < -0.39 is 21.8 Å². The van der Waals surface area contributed by atoms with E-state index in [0.717, 1.165) is 0 Å². The standard InChI is InChI=1S/C15H21N3O4S/c1-3-18(4-2)23(21,22)13-8-5-12(6-9-13)7-10-15(20)17-11-14(16)19/h5-10H,3-4,11H2,1-2H3,(H2,16,19)(H,17,20)/b10-7+. The molecule has 0 saturated heterocycles. The van der Waals surface area contributed by atoms with Gasteiger partial charge in [-0.25, -0.2) is 8.42 Å². The normalized spacial score (nSPS) is 11.8. The molecule has 8 heteroatoms. The smallest absolute Gasteiger partial charge is 0.244 e. The third kappa shape index (κ3) is 5.50. The Bertz CT molecular complexity index is 677. The second kappa shape index (κ2) is 8.44. The van der Waals surface area contributed by atoms with Crippen molar-refractivity contribution in [2.75, 3.05) is 19.6 Å². The van der Waals surface area contributed by atoms with Gasteiger partial charge in [0.25, 0.3) is 0 Å². The molecule has 0 radical (unpaired) electrons. The number of hydrogen-bond acceptors (Lipinski definition) is 4. The lowest BCUT2D eigenvalue weighted by Gasteiger charge is -2.18. The maximum Gasteiger partial charge on any atom is 0.244 e. The van der Waals surface area contributed by atoms with Gasteiger partial charge in [-0.05, 0) is 23.8 Å². The number of benzene rings is 1. The monoisotopic (exact) mass is 339 g/mol. The van der Waals surface area contributed by atoms with Crippen molar-refractivity contribution < 1.29 is 18.0 Å². The fourth-order valence-electron chi connectivity index (χ4n) is 1.87. The van der Waals surface area contributed by atoms with Crippen LogP contribution in [0.15, 0.2) is 35.2 Å². The van der Waals surface area contributed by atoms with Gasteiger partial charge in [0, 0.05) is 19.2 Å². The molecule has 0 saturated carbocycles. The van der Waals surface area contributed by atoms with Crippen LogP contribution >= 0.6 is 0 Å². The van der Waals surface area contributed by atoms with Gasteiger partial charge in [-0.2, -0.15) is 4.31 Å². The Balaban J connectivity index is 2.81. The van der Waals surface area contributed by atoms with Crippen molar-refractivity contribution in [3.8, 4) is 0 Å².